The molecule has 5 heteroatoms. The molecule has 2 aliphatic rings. The Bertz CT molecular complexity index is 271. The van der Waals surface area contributed by atoms with Gasteiger partial charge >= 0.3 is 0 Å². The van der Waals surface area contributed by atoms with Crippen molar-refractivity contribution in [2.75, 3.05) is 45.8 Å². The van der Waals surface area contributed by atoms with Crippen LogP contribution < -0.4 is 11.1 Å². The first-order valence-corrected chi connectivity index (χ1v) is 7.72. The van der Waals surface area contributed by atoms with Crippen LogP contribution in [0.2, 0.25) is 0 Å². The van der Waals surface area contributed by atoms with Crippen LogP contribution >= 0.6 is 0 Å². The molecular formula is C14H28N4O. The Labute approximate surface area is 116 Å². The van der Waals surface area contributed by atoms with Crippen LogP contribution in [0.4, 0.5) is 0 Å². The van der Waals surface area contributed by atoms with Crippen molar-refractivity contribution < 1.29 is 4.79 Å². The highest BCUT2D eigenvalue weighted by Crippen LogP contribution is 2.17. The van der Waals surface area contributed by atoms with E-state index in [1.54, 1.807) is 0 Å². The molecule has 0 radical (unpaired) electrons. The van der Waals surface area contributed by atoms with Crippen LogP contribution in [0.3, 0.4) is 0 Å². The molecule has 0 aromatic carbocycles. The van der Waals surface area contributed by atoms with Crippen molar-refractivity contribution in [1.29, 1.82) is 0 Å². The van der Waals surface area contributed by atoms with E-state index in [9.17, 15) is 4.79 Å². The third kappa shape index (κ3) is 5.09. The monoisotopic (exact) mass is 268 g/mol. The lowest BCUT2D eigenvalue weighted by molar-refractivity contribution is -0.123. The van der Waals surface area contributed by atoms with Crippen molar-refractivity contribution >= 4 is 5.91 Å². The van der Waals surface area contributed by atoms with Gasteiger partial charge in [-0.25, -0.2) is 0 Å². The fraction of sp³-hybridized carbons (Fsp3) is 0.929. The fourth-order valence-corrected chi connectivity index (χ4v) is 3.08. The van der Waals surface area contributed by atoms with Gasteiger partial charge in [0.25, 0.3) is 0 Å². The SMILES string of the molecule is NCCN1CCN(CC(=O)NC2CCCCC2)CC1. The third-order valence-electron chi connectivity index (χ3n) is 4.25. The summed E-state index contributed by atoms with van der Waals surface area (Å²) >= 11 is 0. The van der Waals surface area contributed by atoms with Crippen LogP contribution in [0, 0.1) is 0 Å². The number of nitrogens with zero attached hydrogens (tertiary/aromatic N) is 2. The predicted octanol–water partition coefficient (Wildman–Crippen LogP) is 0.0116. The molecule has 0 atom stereocenters. The van der Waals surface area contributed by atoms with Gasteiger partial charge in [0.05, 0.1) is 6.54 Å². The van der Waals surface area contributed by atoms with Crippen LogP contribution in [0.25, 0.3) is 0 Å². The summed E-state index contributed by atoms with van der Waals surface area (Å²) in [6.07, 6.45) is 6.19. The van der Waals surface area contributed by atoms with Crippen LogP contribution in [0.5, 0.6) is 0 Å². The van der Waals surface area contributed by atoms with Gasteiger partial charge in [-0.1, -0.05) is 19.3 Å². The summed E-state index contributed by atoms with van der Waals surface area (Å²) < 4.78 is 0. The van der Waals surface area contributed by atoms with E-state index in [4.69, 9.17) is 5.73 Å². The molecule has 2 rings (SSSR count). The summed E-state index contributed by atoms with van der Waals surface area (Å²) in [5.41, 5.74) is 5.56. The van der Waals surface area contributed by atoms with E-state index in [2.05, 4.69) is 15.1 Å². The van der Waals surface area contributed by atoms with Crippen molar-refractivity contribution in [3.8, 4) is 0 Å². The van der Waals surface area contributed by atoms with Gasteiger partial charge in [0.15, 0.2) is 0 Å². The standard InChI is InChI=1S/C14H28N4O/c15-6-7-17-8-10-18(11-9-17)12-14(19)16-13-4-2-1-3-5-13/h13H,1-12,15H2,(H,16,19). The molecular weight excluding hydrogens is 240 g/mol. The molecule has 1 aliphatic carbocycles. The second-order valence-electron chi connectivity index (χ2n) is 5.81. The minimum absolute atomic E-state index is 0.208. The maximum Gasteiger partial charge on any atom is 0.234 e. The minimum Gasteiger partial charge on any atom is -0.352 e. The molecule has 2 fully saturated rings. The van der Waals surface area contributed by atoms with E-state index in [0.717, 1.165) is 52.1 Å². The average Bonchev–Trinajstić information content (AvgIpc) is 2.42. The topological polar surface area (TPSA) is 61.6 Å². The highest BCUT2D eigenvalue weighted by molar-refractivity contribution is 5.78. The first kappa shape index (κ1) is 14.8. The van der Waals surface area contributed by atoms with E-state index in [1.807, 2.05) is 0 Å². The summed E-state index contributed by atoms with van der Waals surface area (Å²) in [6.45, 7) is 6.30. The van der Waals surface area contributed by atoms with E-state index in [-0.39, 0.29) is 5.91 Å². The molecule has 1 saturated heterocycles. The van der Waals surface area contributed by atoms with Crippen molar-refractivity contribution in [1.82, 2.24) is 15.1 Å². The summed E-state index contributed by atoms with van der Waals surface area (Å²) in [6, 6.07) is 0.430. The average molecular weight is 268 g/mol. The lowest BCUT2D eigenvalue weighted by atomic mass is 9.95. The lowest BCUT2D eigenvalue weighted by Crippen LogP contribution is -2.51. The zero-order chi connectivity index (χ0) is 13.5. The number of nitrogens with one attached hydrogen (secondary N) is 1. The summed E-state index contributed by atoms with van der Waals surface area (Å²) in [5, 5.41) is 3.19. The second kappa shape index (κ2) is 7.82. The Hall–Kier alpha value is -0.650. The van der Waals surface area contributed by atoms with Crippen molar-refractivity contribution in [3.05, 3.63) is 0 Å². The fourth-order valence-electron chi connectivity index (χ4n) is 3.08. The number of hydrogen-bond donors (Lipinski definition) is 2. The lowest BCUT2D eigenvalue weighted by Gasteiger charge is -2.34. The van der Waals surface area contributed by atoms with Gasteiger partial charge < -0.3 is 11.1 Å². The molecule has 0 aromatic rings. The van der Waals surface area contributed by atoms with Crippen LogP contribution in [0.15, 0.2) is 0 Å². The highest BCUT2D eigenvalue weighted by atomic mass is 16.2. The maximum atomic E-state index is 12.0. The molecule has 1 heterocycles. The Balaban J connectivity index is 1.63. The Morgan fingerprint density at radius 1 is 1.05 bits per heavy atom. The molecule has 0 bridgehead atoms. The van der Waals surface area contributed by atoms with E-state index >= 15 is 0 Å². The van der Waals surface area contributed by atoms with Gasteiger partial charge in [-0.2, -0.15) is 0 Å². The molecule has 1 saturated carbocycles. The van der Waals surface area contributed by atoms with Crippen molar-refractivity contribution in [2.24, 2.45) is 5.73 Å². The smallest absolute Gasteiger partial charge is 0.234 e. The zero-order valence-electron chi connectivity index (χ0n) is 11.9. The first-order valence-electron chi connectivity index (χ1n) is 7.72. The van der Waals surface area contributed by atoms with E-state index in [1.165, 1.54) is 19.3 Å². The number of carbonyl (C=O) groups excluding carboxylic acids is 1. The molecule has 3 N–H and O–H groups in total. The normalized spacial score (nSPS) is 23.4. The number of piperazine rings is 1. The van der Waals surface area contributed by atoms with Gasteiger partial charge in [-0.15, -0.1) is 0 Å². The Kier molecular flexibility index (Phi) is 6.07. The molecule has 5 nitrogen and oxygen atoms in total. The number of nitrogens with two attached hydrogens (primary N) is 1. The van der Waals surface area contributed by atoms with E-state index in [0.29, 0.717) is 12.6 Å². The quantitative estimate of drug-likeness (QED) is 0.737. The van der Waals surface area contributed by atoms with E-state index < -0.39 is 0 Å². The minimum atomic E-state index is 0.208. The van der Waals surface area contributed by atoms with Gasteiger partial charge in [-0.3, -0.25) is 14.6 Å². The molecule has 1 amide bonds. The summed E-state index contributed by atoms with van der Waals surface area (Å²) in [5.74, 6) is 0.208. The number of rotatable bonds is 5. The molecule has 0 aromatic heterocycles. The Morgan fingerprint density at radius 2 is 1.68 bits per heavy atom. The summed E-state index contributed by atoms with van der Waals surface area (Å²) in [4.78, 5) is 16.6. The molecule has 0 unspecified atom stereocenters. The second-order valence-corrected chi connectivity index (χ2v) is 5.81. The molecule has 1 aliphatic heterocycles. The third-order valence-corrected chi connectivity index (χ3v) is 4.25. The number of hydrogen-bond acceptors (Lipinski definition) is 4. The number of carbonyl (C=O) groups is 1. The zero-order valence-corrected chi connectivity index (χ0v) is 11.9. The van der Waals surface area contributed by atoms with Crippen LogP contribution in [-0.2, 0) is 4.79 Å². The highest BCUT2D eigenvalue weighted by Gasteiger charge is 2.20. The van der Waals surface area contributed by atoms with Crippen molar-refractivity contribution in [3.63, 3.8) is 0 Å². The largest absolute Gasteiger partial charge is 0.352 e. The molecule has 110 valence electrons. The van der Waals surface area contributed by atoms with Crippen LogP contribution in [-0.4, -0.2) is 67.6 Å². The van der Waals surface area contributed by atoms with Crippen LogP contribution in [0.1, 0.15) is 32.1 Å². The van der Waals surface area contributed by atoms with Crippen molar-refractivity contribution in [2.45, 2.75) is 38.1 Å². The Morgan fingerprint density at radius 3 is 2.32 bits per heavy atom. The molecule has 19 heavy (non-hydrogen) atoms. The van der Waals surface area contributed by atoms with Gasteiger partial charge in [0, 0.05) is 45.3 Å². The summed E-state index contributed by atoms with van der Waals surface area (Å²) in [7, 11) is 0. The molecule has 0 spiro atoms. The van der Waals surface area contributed by atoms with Gasteiger partial charge in [-0.05, 0) is 12.8 Å². The first-order chi connectivity index (χ1) is 9.28. The van der Waals surface area contributed by atoms with Gasteiger partial charge in [0.2, 0.25) is 5.91 Å². The predicted molar refractivity (Wildman–Crippen MR) is 77.0 cm³/mol. The maximum absolute atomic E-state index is 12.0. The van der Waals surface area contributed by atoms with Gasteiger partial charge in [0.1, 0.15) is 0 Å². The number of amides is 1.